The highest BCUT2D eigenvalue weighted by atomic mass is 16.2. The maximum absolute atomic E-state index is 13.8. The van der Waals surface area contributed by atoms with E-state index in [1.807, 2.05) is 30.5 Å². The predicted molar refractivity (Wildman–Crippen MR) is 155 cm³/mol. The van der Waals surface area contributed by atoms with Crippen LogP contribution in [0.2, 0.25) is 0 Å². The van der Waals surface area contributed by atoms with Crippen molar-refractivity contribution in [2.24, 2.45) is 5.41 Å². The van der Waals surface area contributed by atoms with Crippen molar-refractivity contribution in [2.45, 2.75) is 39.0 Å². The Morgan fingerprint density at radius 2 is 1.58 bits per heavy atom. The summed E-state index contributed by atoms with van der Waals surface area (Å²) in [7, 11) is 0. The summed E-state index contributed by atoms with van der Waals surface area (Å²) in [6.45, 7) is 7.96. The van der Waals surface area contributed by atoms with Crippen molar-refractivity contribution in [2.75, 3.05) is 18.4 Å². The number of amides is 1. The quantitative estimate of drug-likeness (QED) is 0.277. The minimum atomic E-state index is -0.571. The highest BCUT2D eigenvalue weighted by Crippen LogP contribution is 2.36. The Labute approximate surface area is 225 Å². The van der Waals surface area contributed by atoms with Gasteiger partial charge in [-0.15, -0.1) is 0 Å². The van der Waals surface area contributed by atoms with E-state index in [1.165, 1.54) is 0 Å². The van der Waals surface area contributed by atoms with Gasteiger partial charge < -0.3 is 10.6 Å². The van der Waals surface area contributed by atoms with Crippen LogP contribution in [0.4, 0.5) is 5.69 Å². The molecular formula is C33H34N4O. The molecular weight excluding hydrogens is 468 g/mol. The summed E-state index contributed by atoms with van der Waals surface area (Å²) in [4.78, 5) is 13.8. The molecule has 1 fully saturated rings. The number of carbonyl (C=O) groups excluding carboxylic acids is 1. The van der Waals surface area contributed by atoms with Gasteiger partial charge in [0.05, 0.1) is 11.6 Å². The molecule has 0 saturated carbocycles. The maximum Gasteiger partial charge on any atom is 0.235 e. The fourth-order valence-electron chi connectivity index (χ4n) is 4.92. The number of aromatic nitrogens is 2. The highest BCUT2D eigenvalue weighted by molar-refractivity contribution is 5.99. The average molecular weight is 503 g/mol. The monoisotopic (exact) mass is 502 g/mol. The van der Waals surface area contributed by atoms with Crippen LogP contribution in [0.3, 0.4) is 0 Å². The number of carbonyl (C=O) groups is 1. The second-order valence-corrected chi connectivity index (χ2v) is 11.0. The van der Waals surface area contributed by atoms with Crippen molar-refractivity contribution in [1.82, 2.24) is 15.5 Å². The number of H-pyrrole nitrogens is 1. The molecule has 5 heteroatoms. The Morgan fingerprint density at radius 1 is 0.895 bits per heavy atom. The molecule has 1 amide bonds. The third kappa shape index (κ3) is 5.72. The fraction of sp³-hybridized carbons (Fsp3) is 0.273. The van der Waals surface area contributed by atoms with Gasteiger partial charge in [-0.2, -0.15) is 5.10 Å². The fourth-order valence-corrected chi connectivity index (χ4v) is 4.92. The molecule has 38 heavy (non-hydrogen) atoms. The zero-order valence-corrected chi connectivity index (χ0v) is 22.3. The van der Waals surface area contributed by atoms with E-state index >= 15 is 0 Å². The minimum Gasteiger partial charge on any atom is -0.325 e. The van der Waals surface area contributed by atoms with Gasteiger partial charge in [0.25, 0.3) is 0 Å². The number of rotatable bonds is 5. The summed E-state index contributed by atoms with van der Waals surface area (Å²) >= 11 is 0. The van der Waals surface area contributed by atoms with Crippen molar-refractivity contribution in [3.63, 3.8) is 0 Å². The lowest BCUT2D eigenvalue weighted by Gasteiger charge is -2.37. The molecule has 0 unspecified atom stereocenters. The lowest BCUT2D eigenvalue weighted by atomic mass is 9.72. The molecule has 5 nitrogen and oxygen atoms in total. The lowest BCUT2D eigenvalue weighted by molar-refractivity contribution is -0.122. The SMILES string of the molecule is CC(C)(C)C#Cc1cccc(-c2ccc(NC(=O)C3(c4ccc(-c5cn[nH]c5)cc4)CCNCC3)cc2)c1. The van der Waals surface area contributed by atoms with E-state index in [4.69, 9.17) is 0 Å². The number of aromatic amines is 1. The first-order valence-electron chi connectivity index (χ1n) is 13.2. The number of nitrogens with zero attached hydrogens (tertiary/aromatic N) is 1. The van der Waals surface area contributed by atoms with Gasteiger partial charge in [-0.1, -0.05) is 60.4 Å². The van der Waals surface area contributed by atoms with E-state index in [-0.39, 0.29) is 11.3 Å². The number of hydrogen-bond acceptors (Lipinski definition) is 3. The lowest BCUT2D eigenvalue weighted by Crippen LogP contribution is -2.48. The Kier molecular flexibility index (Phi) is 7.18. The zero-order valence-electron chi connectivity index (χ0n) is 22.3. The summed E-state index contributed by atoms with van der Waals surface area (Å²) in [6.07, 6.45) is 5.19. The molecule has 3 aromatic carbocycles. The molecule has 2 heterocycles. The highest BCUT2D eigenvalue weighted by Gasteiger charge is 2.41. The van der Waals surface area contributed by atoms with Crippen LogP contribution >= 0.6 is 0 Å². The normalized spacial score (nSPS) is 14.8. The first-order valence-corrected chi connectivity index (χ1v) is 13.2. The van der Waals surface area contributed by atoms with Crippen molar-refractivity contribution in [1.29, 1.82) is 0 Å². The molecule has 0 bridgehead atoms. The first kappa shape index (κ1) is 25.5. The van der Waals surface area contributed by atoms with Crippen molar-refractivity contribution in [3.8, 4) is 34.1 Å². The van der Waals surface area contributed by atoms with Crippen molar-refractivity contribution in [3.05, 3.63) is 96.3 Å². The molecule has 0 spiro atoms. The summed E-state index contributed by atoms with van der Waals surface area (Å²) in [5.41, 5.74) is 6.56. The van der Waals surface area contributed by atoms with E-state index in [0.29, 0.717) is 0 Å². The molecule has 4 aromatic rings. The van der Waals surface area contributed by atoms with Crippen LogP contribution in [0.25, 0.3) is 22.3 Å². The molecule has 0 radical (unpaired) electrons. The van der Waals surface area contributed by atoms with Gasteiger partial charge >= 0.3 is 0 Å². The number of hydrogen-bond donors (Lipinski definition) is 3. The van der Waals surface area contributed by atoms with Crippen LogP contribution in [0.15, 0.2) is 85.2 Å². The van der Waals surface area contributed by atoms with Gasteiger partial charge in [-0.3, -0.25) is 9.89 Å². The topological polar surface area (TPSA) is 69.8 Å². The molecule has 0 aliphatic carbocycles. The third-order valence-corrected chi connectivity index (χ3v) is 7.08. The molecule has 1 aromatic heterocycles. The predicted octanol–water partition coefficient (Wildman–Crippen LogP) is 6.40. The van der Waals surface area contributed by atoms with E-state index in [1.54, 1.807) is 6.20 Å². The summed E-state index contributed by atoms with van der Waals surface area (Å²) < 4.78 is 0. The average Bonchev–Trinajstić information content (AvgIpc) is 3.48. The van der Waals surface area contributed by atoms with E-state index < -0.39 is 5.41 Å². The van der Waals surface area contributed by atoms with Crippen molar-refractivity contribution < 1.29 is 4.79 Å². The van der Waals surface area contributed by atoms with Gasteiger partial charge in [0.15, 0.2) is 0 Å². The molecule has 1 saturated heterocycles. The van der Waals surface area contributed by atoms with E-state index in [2.05, 4.69) is 102 Å². The summed E-state index contributed by atoms with van der Waals surface area (Å²) in [5, 5.41) is 13.5. The van der Waals surface area contributed by atoms with Gasteiger partial charge in [-0.25, -0.2) is 0 Å². The molecule has 192 valence electrons. The Bertz CT molecular complexity index is 1440. The number of benzene rings is 3. The number of piperidine rings is 1. The van der Waals surface area contributed by atoms with E-state index in [0.717, 1.165) is 65.0 Å². The van der Waals surface area contributed by atoms with Gasteiger partial charge in [0, 0.05) is 28.4 Å². The Hall–Kier alpha value is -4.14. The molecule has 0 atom stereocenters. The van der Waals surface area contributed by atoms with Crippen LogP contribution in [-0.2, 0) is 10.2 Å². The number of nitrogens with one attached hydrogen (secondary N) is 3. The van der Waals surface area contributed by atoms with Gasteiger partial charge in [0.2, 0.25) is 5.91 Å². The van der Waals surface area contributed by atoms with Crippen LogP contribution in [-0.4, -0.2) is 29.2 Å². The number of anilines is 1. The maximum atomic E-state index is 13.8. The molecule has 1 aliphatic heterocycles. The molecule has 1 aliphatic rings. The third-order valence-electron chi connectivity index (χ3n) is 7.08. The van der Waals surface area contributed by atoms with Crippen LogP contribution in [0, 0.1) is 17.3 Å². The van der Waals surface area contributed by atoms with Crippen LogP contribution in [0.1, 0.15) is 44.7 Å². The zero-order chi connectivity index (χ0) is 26.6. The Morgan fingerprint density at radius 3 is 2.24 bits per heavy atom. The second kappa shape index (κ2) is 10.7. The van der Waals surface area contributed by atoms with Crippen molar-refractivity contribution >= 4 is 11.6 Å². The molecule has 5 rings (SSSR count). The molecule has 3 N–H and O–H groups in total. The summed E-state index contributed by atoms with van der Waals surface area (Å²) in [5.74, 6) is 6.63. The first-order chi connectivity index (χ1) is 18.3. The smallest absolute Gasteiger partial charge is 0.235 e. The Balaban J connectivity index is 1.35. The van der Waals surface area contributed by atoms with Crippen LogP contribution in [0.5, 0.6) is 0 Å². The van der Waals surface area contributed by atoms with Crippen LogP contribution < -0.4 is 10.6 Å². The van der Waals surface area contributed by atoms with E-state index in [9.17, 15) is 4.79 Å². The standard InChI is InChI=1S/C33H34N4O/c1-32(2,3)16-15-24-5-4-6-27(21-24)25-9-13-30(14-10-25)37-31(38)33(17-19-34-20-18-33)29-11-7-26(8-12-29)28-22-35-36-23-28/h4-14,21-23,34H,17-20H2,1-3H3,(H,35,36)(H,37,38). The van der Waals surface area contributed by atoms with Gasteiger partial charge in [0.1, 0.15) is 0 Å². The largest absolute Gasteiger partial charge is 0.325 e. The second-order valence-electron chi connectivity index (χ2n) is 11.0. The van der Waals surface area contributed by atoms with Gasteiger partial charge in [-0.05, 0) is 93.2 Å². The summed E-state index contributed by atoms with van der Waals surface area (Å²) in [6, 6.07) is 24.7. The minimum absolute atomic E-state index is 0.0382.